The minimum absolute atomic E-state index is 0.488. The number of aryl methyl sites for hydroxylation is 1. The predicted molar refractivity (Wildman–Crippen MR) is 71.6 cm³/mol. The molecule has 0 saturated heterocycles. The Kier molecular flexibility index (Phi) is 4.67. The van der Waals surface area contributed by atoms with Crippen LogP contribution in [0.1, 0.15) is 32.0 Å². The van der Waals surface area contributed by atoms with E-state index in [1.54, 1.807) is 6.07 Å². The van der Waals surface area contributed by atoms with Gasteiger partial charge >= 0.3 is 6.09 Å². The molecule has 100 valence electrons. The minimum atomic E-state index is -0.515. The molecular weight excluding hydrogens is 230 g/mol. The second-order valence-electron chi connectivity index (χ2n) is 5.11. The van der Waals surface area contributed by atoms with Crippen molar-refractivity contribution in [2.24, 2.45) is 5.73 Å². The smallest absolute Gasteiger partial charge is 0.413 e. The summed E-state index contributed by atoms with van der Waals surface area (Å²) in [5.41, 5.74) is 6.94. The van der Waals surface area contributed by atoms with Gasteiger partial charge in [0.1, 0.15) is 11.4 Å². The van der Waals surface area contributed by atoms with Crippen molar-refractivity contribution in [3.8, 4) is 0 Å². The van der Waals surface area contributed by atoms with E-state index in [9.17, 15) is 4.79 Å². The maximum absolute atomic E-state index is 11.6. The van der Waals surface area contributed by atoms with Crippen LogP contribution < -0.4 is 11.1 Å². The van der Waals surface area contributed by atoms with Crippen molar-refractivity contribution in [1.82, 2.24) is 4.98 Å². The van der Waals surface area contributed by atoms with Crippen LogP contribution in [0, 0.1) is 6.92 Å². The number of aromatic nitrogens is 1. The van der Waals surface area contributed by atoms with Gasteiger partial charge in [-0.25, -0.2) is 9.78 Å². The van der Waals surface area contributed by atoms with Gasteiger partial charge in [0.25, 0.3) is 0 Å². The standard InChI is InChI=1S/C13H21N3O2/c1-9-10(7-8-14)5-6-11(15-9)16-12(17)18-13(2,3)4/h5-6H,7-8,14H2,1-4H3,(H,15,16,17). The molecule has 1 rings (SSSR count). The SMILES string of the molecule is Cc1nc(NC(=O)OC(C)(C)C)ccc1CCN. The van der Waals surface area contributed by atoms with Crippen LogP contribution in [0.4, 0.5) is 10.6 Å². The van der Waals surface area contributed by atoms with E-state index in [2.05, 4.69) is 10.3 Å². The van der Waals surface area contributed by atoms with Gasteiger partial charge in [0.15, 0.2) is 0 Å². The third kappa shape index (κ3) is 4.71. The number of carbonyl (C=O) groups is 1. The highest BCUT2D eigenvalue weighted by atomic mass is 16.6. The van der Waals surface area contributed by atoms with Crippen LogP contribution in [0.2, 0.25) is 0 Å². The predicted octanol–water partition coefficient (Wildman–Crippen LogP) is 2.24. The van der Waals surface area contributed by atoms with Gasteiger partial charge in [-0.15, -0.1) is 0 Å². The molecule has 0 spiro atoms. The zero-order valence-electron chi connectivity index (χ0n) is 11.4. The Morgan fingerprint density at radius 1 is 1.44 bits per heavy atom. The molecule has 5 heteroatoms. The summed E-state index contributed by atoms with van der Waals surface area (Å²) in [7, 11) is 0. The number of carbonyl (C=O) groups excluding carboxylic acids is 1. The molecule has 1 amide bonds. The molecule has 0 fully saturated rings. The van der Waals surface area contributed by atoms with Gasteiger partial charge in [-0.3, -0.25) is 5.32 Å². The van der Waals surface area contributed by atoms with Crippen molar-refractivity contribution in [2.75, 3.05) is 11.9 Å². The minimum Gasteiger partial charge on any atom is -0.444 e. The number of nitrogens with two attached hydrogens (primary N) is 1. The lowest BCUT2D eigenvalue weighted by molar-refractivity contribution is 0.0635. The summed E-state index contributed by atoms with van der Waals surface area (Å²) in [6, 6.07) is 3.67. The van der Waals surface area contributed by atoms with Crippen LogP contribution >= 0.6 is 0 Å². The van der Waals surface area contributed by atoms with E-state index >= 15 is 0 Å². The molecule has 0 aliphatic rings. The molecule has 1 heterocycles. The lowest BCUT2D eigenvalue weighted by Crippen LogP contribution is -2.27. The number of anilines is 1. The quantitative estimate of drug-likeness (QED) is 0.863. The number of pyridine rings is 1. The maximum Gasteiger partial charge on any atom is 0.413 e. The van der Waals surface area contributed by atoms with Crippen molar-refractivity contribution < 1.29 is 9.53 Å². The first kappa shape index (κ1) is 14.4. The van der Waals surface area contributed by atoms with E-state index in [4.69, 9.17) is 10.5 Å². The zero-order chi connectivity index (χ0) is 13.8. The average molecular weight is 251 g/mol. The van der Waals surface area contributed by atoms with Crippen LogP contribution in [-0.2, 0) is 11.2 Å². The van der Waals surface area contributed by atoms with Crippen molar-refractivity contribution in [3.63, 3.8) is 0 Å². The first-order valence-corrected chi connectivity index (χ1v) is 5.98. The Morgan fingerprint density at radius 3 is 2.61 bits per heavy atom. The number of ether oxygens (including phenoxy) is 1. The summed E-state index contributed by atoms with van der Waals surface area (Å²) in [6.07, 6.45) is 0.284. The first-order chi connectivity index (χ1) is 8.31. The molecule has 0 aliphatic heterocycles. The highest BCUT2D eigenvalue weighted by molar-refractivity contribution is 5.83. The van der Waals surface area contributed by atoms with E-state index in [0.717, 1.165) is 17.7 Å². The Morgan fingerprint density at radius 2 is 2.11 bits per heavy atom. The number of amides is 1. The molecule has 0 bridgehead atoms. The summed E-state index contributed by atoms with van der Waals surface area (Å²) in [5.74, 6) is 0.488. The molecule has 3 N–H and O–H groups in total. The van der Waals surface area contributed by atoms with Crippen LogP contribution in [0.3, 0.4) is 0 Å². The molecule has 1 aromatic rings. The third-order valence-electron chi connectivity index (χ3n) is 2.24. The normalized spacial score (nSPS) is 11.2. The fraction of sp³-hybridized carbons (Fsp3) is 0.538. The van der Waals surface area contributed by atoms with Crippen LogP contribution in [0.5, 0.6) is 0 Å². The lowest BCUT2D eigenvalue weighted by atomic mass is 10.1. The Labute approximate surface area is 108 Å². The Bertz CT molecular complexity index is 425. The highest BCUT2D eigenvalue weighted by Gasteiger charge is 2.16. The topological polar surface area (TPSA) is 77.2 Å². The van der Waals surface area contributed by atoms with Crippen LogP contribution in [0.25, 0.3) is 0 Å². The lowest BCUT2D eigenvalue weighted by Gasteiger charge is -2.19. The van der Waals surface area contributed by atoms with Gasteiger partial charge in [0.05, 0.1) is 0 Å². The molecule has 0 aromatic carbocycles. The molecule has 0 atom stereocenters. The van der Waals surface area contributed by atoms with Crippen molar-refractivity contribution in [3.05, 3.63) is 23.4 Å². The van der Waals surface area contributed by atoms with Gasteiger partial charge in [0, 0.05) is 5.69 Å². The van der Waals surface area contributed by atoms with Crippen molar-refractivity contribution >= 4 is 11.9 Å². The van der Waals surface area contributed by atoms with Gasteiger partial charge in [-0.2, -0.15) is 0 Å². The summed E-state index contributed by atoms with van der Waals surface area (Å²) < 4.78 is 5.15. The molecule has 5 nitrogen and oxygen atoms in total. The average Bonchev–Trinajstić information content (AvgIpc) is 2.19. The molecule has 18 heavy (non-hydrogen) atoms. The Hall–Kier alpha value is -1.62. The van der Waals surface area contributed by atoms with Crippen molar-refractivity contribution in [2.45, 2.75) is 39.7 Å². The van der Waals surface area contributed by atoms with Gasteiger partial charge < -0.3 is 10.5 Å². The molecule has 0 saturated carbocycles. The summed E-state index contributed by atoms with van der Waals surface area (Å²) >= 11 is 0. The van der Waals surface area contributed by atoms with Crippen LogP contribution in [0.15, 0.2) is 12.1 Å². The summed E-state index contributed by atoms with van der Waals surface area (Å²) in [6.45, 7) is 7.92. The number of nitrogens with zero attached hydrogens (tertiary/aromatic N) is 1. The second kappa shape index (κ2) is 5.82. The van der Waals surface area contributed by atoms with E-state index in [1.165, 1.54) is 0 Å². The maximum atomic E-state index is 11.6. The Balaban J connectivity index is 2.69. The number of nitrogens with one attached hydrogen (secondary N) is 1. The monoisotopic (exact) mass is 251 g/mol. The van der Waals surface area contributed by atoms with E-state index in [1.807, 2.05) is 33.8 Å². The molecule has 0 radical (unpaired) electrons. The summed E-state index contributed by atoms with van der Waals surface area (Å²) in [4.78, 5) is 15.9. The van der Waals surface area contributed by atoms with E-state index in [-0.39, 0.29) is 0 Å². The highest BCUT2D eigenvalue weighted by Crippen LogP contribution is 2.13. The summed E-state index contributed by atoms with van der Waals surface area (Å²) in [5, 5.41) is 2.61. The third-order valence-corrected chi connectivity index (χ3v) is 2.24. The van der Waals surface area contributed by atoms with Gasteiger partial charge in [-0.1, -0.05) is 6.07 Å². The fourth-order valence-corrected chi connectivity index (χ4v) is 1.49. The zero-order valence-corrected chi connectivity index (χ0v) is 11.4. The first-order valence-electron chi connectivity index (χ1n) is 5.98. The van der Waals surface area contributed by atoms with E-state index in [0.29, 0.717) is 12.4 Å². The van der Waals surface area contributed by atoms with E-state index < -0.39 is 11.7 Å². The van der Waals surface area contributed by atoms with Crippen molar-refractivity contribution in [1.29, 1.82) is 0 Å². The largest absolute Gasteiger partial charge is 0.444 e. The molecule has 0 aliphatic carbocycles. The number of hydrogen-bond donors (Lipinski definition) is 2. The second-order valence-corrected chi connectivity index (χ2v) is 5.11. The number of hydrogen-bond acceptors (Lipinski definition) is 4. The van der Waals surface area contributed by atoms with Gasteiger partial charge in [0.2, 0.25) is 0 Å². The molecule has 0 unspecified atom stereocenters. The molecule has 1 aromatic heterocycles. The van der Waals surface area contributed by atoms with Gasteiger partial charge in [-0.05, 0) is 52.3 Å². The fourth-order valence-electron chi connectivity index (χ4n) is 1.49. The number of rotatable bonds is 3. The van der Waals surface area contributed by atoms with Crippen LogP contribution in [-0.4, -0.2) is 23.2 Å². The molecular formula is C13H21N3O2.